The van der Waals surface area contributed by atoms with Crippen LogP contribution in [0.5, 0.6) is 0 Å². The number of nitrogen functional groups attached to an aromatic ring is 1. The molecule has 0 saturated carbocycles. The number of rotatable bonds is 4. The van der Waals surface area contributed by atoms with Crippen molar-refractivity contribution in [3.63, 3.8) is 0 Å². The number of nitrogens with zero attached hydrogens (tertiary/aromatic N) is 3. The molecule has 0 bridgehead atoms. The van der Waals surface area contributed by atoms with E-state index in [9.17, 15) is 10.1 Å². The van der Waals surface area contributed by atoms with Crippen molar-refractivity contribution in [3.05, 3.63) is 22.2 Å². The minimum absolute atomic E-state index is 0.0530. The Morgan fingerprint density at radius 3 is 3.00 bits per heavy atom. The summed E-state index contributed by atoms with van der Waals surface area (Å²) < 4.78 is 0. The number of hydrogen-bond acceptors (Lipinski definition) is 5. The van der Waals surface area contributed by atoms with Crippen LogP contribution in [-0.2, 0) is 0 Å². The molecular formula is C13H20N4O2. The molecule has 2 heterocycles. The SMILES string of the molecule is CCCC1CCCCN1c1nc(N)ccc1[N+](=O)[O-]. The van der Waals surface area contributed by atoms with Crippen molar-refractivity contribution in [1.82, 2.24) is 4.98 Å². The van der Waals surface area contributed by atoms with Crippen molar-refractivity contribution >= 4 is 17.3 Å². The summed E-state index contributed by atoms with van der Waals surface area (Å²) in [6, 6.07) is 3.28. The van der Waals surface area contributed by atoms with Crippen LogP contribution < -0.4 is 10.6 Å². The van der Waals surface area contributed by atoms with E-state index < -0.39 is 0 Å². The number of hydrogen-bond donors (Lipinski definition) is 1. The molecule has 104 valence electrons. The van der Waals surface area contributed by atoms with Gasteiger partial charge in [0.25, 0.3) is 0 Å². The molecule has 1 atom stereocenters. The van der Waals surface area contributed by atoms with Crippen LogP contribution in [0.2, 0.25) is 0 Å². The monoisotopic (exact) mass is 264 g/mol. The fourth-order valence-corrected chi connectivity index (χ4v) is 2.72. The first-order valence-electron chi connectivity index (χ1n) is 6.81. The van der Waals surface area contributed by atoms with Crippen LogP contribution >= 0.6 is 0 Å². The van der Waals surface area contributed by atoms with Crippen molar-refractivity contribution in [2.24, 2.45) is 0 Å². The fraction of sp³-hybridized carbons (Fsp3) is 0.615. The van der Waals surface area contributed by atoms with Gasteiger partial charge in [-0.25, -0.2) is 4.98 Å². The van der Waals surface area contributed by atoms with Crippen molar-refractivity contribution in [3.8, 4) is 0 Å². The van der Waals surface area contributed by atoms with Gasteiger partial charge in [-0.05, 0) is 31.7 Å². The molecule has 0 aromatic carbocycles. The van der Waals surface area contributed by atoms with Gasteiger partial charge in [0.1, 0.15) is 5.82 Å². The molecule has 1 aliphatic rings. The van der Waals surface area contributed by atoms with Gasteiger partial charge in [-0.15, -0.1) is 0 Å². The van der Waals surface area contributed by atoms with Crippen molar-refractivity contribution in [1.29, 1.82) is 0 Å². The molecule has 6 heteroatoms. The van der Waals surface area contributed by atoms with E-state index in [1.165, 1.54) is 18.6 Å². The topological polar surface area (TPSA) is 85.3 Å². The van der Waals surface area contributed by atoms with E-state index >= 15 is 0 Å². The molecule has 2 N–H and O–H groups in total. The zero-order chi connectivity index (χ0) is 13.8. The first-order chi connectivity index (χ1) is 9.13. The molecule has 19 heavy (non-hydrogen) atoms. The van der Waals surface area contributed by atoms with Crippen molar-refractivity contribution < 1.29 is 4.92 Å². The van der Waals surface area contributed by atoms with E-state index in [0.717, 1.165) is 32.2 Å². The number of nitro groups is 1. The lowest BCUT2D eigenvalue weighted by Gasteiger charge is -2.36. The molecule has 0 amide bonds. The minimum Gasteiger partial charge on any atom is -0.384 e. The summed E-state index contributed by atoms with van der Waals surface area (Å²) in [7, 11) is 0. The quantitative estimate of drug-likeness (QED) is 0.667. The Bertz CT molecular complexity index is 462. The largest absolute Gasteiger partial charge is 0.384 e. The molecule has 1 fully saturated rings. The molecule has 0 spiro atoms. The van der Waals surface area contributed by atoms with E-state index in [2.05, 4.69) is 16.8 Å². The molecule has 1 unspecified atom stereocenters. The first-order valence-corrected chi connectivity index (χ1v) is 6.81. The second kappa shape index (κ2) is 5.86. The summed E-state index contributed by atoms with van der Waals surface area (Å²) in [5, 5.41) is 11.1. The molecule has 2 rings (SSSR count). The summed E-state index contributed by atoms with van der Waals surface area (Å²) >= 11 is 0. The van der Waals surface area contributed by atoms with Gasteiger partial charge in [-0.2, -0.15) is 0 Å². The number of piperidine rings is 1. The zero-order valence-corrected chi connectivity index (χ0v) is 11.2. The molecule has 1 saturated heterocycles. The Kier molecular flexibility index (Phi) is 4.19. The van der Waals surface area contributed by atoms with Crippen LogP contribution in [0, 0.1) is 10.1 Å². The average molecular weight is 264 g/mol. The molecular weight excluding hydrogens is 244 g/mol. The molecule has 1 aliphatic heterocycles. The lowest BCUT2D eigenvalue weighted by molar-refractivity contribution is -0.384. The van der Waals surface area contributed by atoms with Crippen LogP contribution in [0.15, 0.2) is 12.1 Å². The number of aromatic nitrogens is 1. The summed E-state index contributed by atoms with van der Waals surface area (Å²) in [5.74, 6) is 0.768. The summed E-state index contributed by atoms with van der Waals surface area (Å²) in [5.41, 5.74) is 5.75. The van der Waals surface area contributed by atoms with Gasteiger partial charge in [0.15, 0.2) is 0 Å². The third-order valence-electron chi connectivity index (χ3n) is 3.59. The van der Waals surface area contributed by atoms with Gasteiger partial charge in [0.2, 0.25) is 5.82 Å². The van der Waals surface area contributed by atoms with Gasteiger partial charge >= 0.3 is 5.69 Å². The second-order valence-corrected chi connectivity index (χ2v) is 4.97. The molecule has 1 aromatic heterocycles. The maximum absolute atomic E-state index is 11.1. The maximum atomic E-state index is 11.1. The van der Waals surface area contributed by atoms with Crippen LogP contribution in [0.25, 0.3) is 0 Å². The van der Waals surface area contributed by atoms with Gasteiger partial charge in [0.05, 0.1) is 4.92 Å². The maximum Gasteiger partial charge on any atom is 0.311 e. The van der Waals surface area contributed by atoms with E-state index in [0.29, 0.717) is 17.7 Å². The van der Waals surface area contributed by atoms with E-state index in [1.807, 2.05) is 0 Å². The zero-order valence-electron chi connectivity index (χ0n) is 11.2. The minimum atomic E-state index is -0.376. The fourth-order valence-electron chi connectivity index (χ4n) is 2.72. The van der Waals surface area contributed by atoms with E-state index in [1.54, 1.807) is 0 Å². The predicted octanol–water partition coefficient (Wildman–Crippen LogP) is 2.73. The standard InChI is InChI=1S/C13H20N4O2/c1-2-5-10-6-3-4-9-16(10)13-11(17(18)19)7-8-12(14)15-13/h7-8,10H,2-6,9H2,1H3,(H2,14,15). The Labute approximate surface area is 112 Å². The second-order valence-electron chi connectivity index (χ2n) is 4.97. The van der Waals surface area contributed by atoms with Gasteiger partial charge in [0, 0.05) is 18.7 Å². The Balaban J connectivity index is 2.37. The number of nitrogens with two attached hydrogens (primary N) is 1. The average Bonchev–Trinajstić information content (AvgIpc) is 2.39. The van der Waals surface area contributed by atoms with Crippen LogP contribution in [-0.4, -0.2) is 22.5 Å². The highest BCUT2D eigenvalue weighted by molar-refractivity contribution is 5.61. The lowest BCUT2D eigenvalue weighted by Crippen LogP contribution is -2.40. The van der Waals surface area contributed by atoms with Crippen molar-refractivity contribution in [2.75, 3.05) is 17.2 Å². The van der Waals surface area contributed by atoms with Crippen LogP contribution in [0.3, 0.4) is 0 Å². The molecule has 0 aliphatic carbocycles. The summed E-state index contributed by atoms with van der Waals surface area (Å²) in [6.45, 7) is 2.95. The van der Waals surface area contributed by atoms with Gasteiger partial charge in [-0.3, -0.25) is 10.1 Å². The first kappa shape index (κ1) is 13.6. The third kappa shape index (κ3) is 2.94. The number of pyridine rings is 1. The molecule has 1 aromatic rings. The predicted molar refractivity (Wildman–Crippen MR) is 75.2 cm³/mol. The van der Waals surface area contributed by atoms with E-state index in [-0.39, 0.29) is 10.6 Å². The van der Waals surface area contributed by atoms with Crippen LogP contribution in [0.1, 0.15) is 39.0 Å². The Morgan fingerprint density at radius 1 is 1.53 bits per heavy atom. The third-order valence-corrected chi connectivity index (χ3v) is 3.59. The summed E-state index contributed by atoms with van der Waals surface area (Å²) in [6.07, 6.45) is 5.40. The normalized spacial score (nSPS) is 19.4. The van der Waals surface area contributed by atoms with Gasteiger partial charge in [-0.1, -0.05) is 13.3 Å². The Morgan fingerprint density at radius 2 is 2.32 bits per heavy atom. The highest BCUT2D eigenvalue weighted by atomic mass is 16.6. The molecule has 6 nitrogen and oxygen atoms in total. The van der Waals surface area contributed by atoms with Crippen LogP contribution in [0.4, 0.5) is 17.3 Å². The highest BCUT2D eigenvalue weighted by Crippen LogP contribution is 2.33. The highest BCUT2D eigenvalue weighted by Gasteiger charge is 2.28. The number of anilines is 2. The van der Waals surface area contributed by atoms with Gasteiger partial charge < -0.3 is 10.6 Å². The Hall–Kier alpha value is -1.85. The lowest BCUT2D eigenvalue weighted by atomic mass is 9.98. The van der Waals surface area contributed by atoms with E-state index in [4.69, 9.17) is 5.73 Å². The molecule has 0 radical (unpaired) electrons. The van der Waals surface area contributed by atoms with Crippen molar-refractivity contribution in [2.45, 2.75) is 45.1 Å². The smallest absolute Gasteiger partial charge is 0.311 e. The summed E-state index contributed by atoms with van der Waals surface area (Å²) in [4.78, 5) is 17.0.